The van der Waals surface area contributed by atoms with E-state index in [1.165, 1.54) is 6.33 Å². The topological polar surface area (TPSA) is 42.9 Å². The molecule has 2 rings (SSSR count). The first kappa shape index (κ1) is 7.68. The zero-order valence-electron chi connectivity index (χ0n) is 6.38. The number of carbonyl (C=O) groups is 1. The van der Waals surface area contributed by atoms with E-state index in [0.717, 1.165) is 11.3 Å². The zero-order valence-corrected chi connectivity index (χ0v) is 7.14. The van der Waals surface area contributed by atoms with E-state index in [4.69, 9.17) is 11.6 Å². The van der Waals surface area contributed by atoms with E-state index >= 15 is 0 Å². The van der Waals surface area contributed by atoms with Gasteiger partial charge in [0, 0.05) is 18.4 Å². The molecular formula is C8H7ClN2O. The molecule has 0 atom stereocenters. The van der Waals surface area contributed by atoms with Crippen molar-refractivity contribution >= 4 is 17.4 Å². The Morgan fingerprint density at radius 1 is 1.33 bits per heavy atom. The molecule has 0 unspecified atom stereocenters. The van der Waals surface area contributed by atoms with Crippen LogP contribution >= 0.6 is 11.6 Å². The molecule has 0 aromatic carbocycles. The predicted molar refractivity (Wildman–Crippen MR) is 44.1 cm³/mol. The number of halogens is 1. The maximum Gasteiger partial charge on any atom is 0.139 e. The quantitative estimate of drug-likeness (QED) is 0.566. The van der Waals surface area contributed by atoms with Crippen molar-refractivity contribution in [3.05, 3.63) is 22.7 Å². The summed E-state index contributed by atoms with van der Waals surface area (Å²) in [6, 6.07) is 0. The molecule has 0 N–H and O–H groups in total. The summed E-state index contributed by atoms with van der Waals surface area (Å²) in [6.45, 7) is 0. The minimum absolute atomic E-state index is 0.234. The highest BCUT2D eigenvalue weighted by molar-refractivity contribution is 6.30. The van der Waals surface area contributed by atoms with Crippen LogP contribution in [0.5, 0.6) is 0 Å². The van der Waals surface area contributed by atoms with Crippen LogP contribution in [0.3, 0.4) is 0 Å². The van der Waals surface area contributed by atoms with Crippen LogP contribution in [-0.4, -0.2) is 15.8 Å². The van der Waals surface area contributed by atoms with Crippen LogP contribution in [0.25, 0.3) is 0 Å². The van der Waals surface area contributed by atoms with E-state index in [0.29, 0.717) is 24.4 Å². The zero-order chi connectivity index (χ0) is 8.55. The lowest BCUT2D eigenvalue weighted by Gasteiger charge is -2.13. The molecule has 1 aliphatic rings. The molecule has 0 fully saturated rings. The molecule has 0 radical (unpaired) electrons. The van der Waals surface area contributed by atoms with Gasteiger partial charge in [-0.3, -0.25) is 4.79 Å². The molecule has 0 aliphatic heterocycles. The van der Waals surface area contributed by atoms with Crippen LogP contribution in [0.1, 0.15) is 17.7 Å². The molecule has 1 heterocycles. The highest BCUT2D eigenvalue weighted by Crippen LogP contribution is 2.22. The summed E-state index contributed by atoms with van der Waals surface area (Å²) in [7, 11) is 0. The first-order chi connectivity index (χ1) is 5.77. The first-order valence-corrected chi connectivity index (χ1v) is 4.15. The number of ketones is 1. The molecule has 0 spiro atoms. The van der Waals surface area contributed by atoms with Gasteiger partial charge in [-0.05, 0) is 6.42 Å². The van der Waals surface area contributed by atoms with Crippen LogP contribution in [0.15, 0.2) is 6.33 Å². The van der Waals surface area contributed by atoms with Gasteiger partial charge in [-0.15, -0.1) is 0 Å². The van der Waals surface area contributed by atoms with E-state index in [1.807, 2.05) is 0 Å². The molecule has 4 heteroatoms. The van der Waals surface area contributed by atoms with E-state index in [9.17, 15) is 4.79 Å². The predicted octanol–water partition coefficient (Wildman–Crippen LogP) is 1.19. The number of aromatic nitrogens is 2. The fourth-order valence-electron chi connectivity index (χ4n) is 1.36. The SMILES string of the molecule is O=C1CCc2c(Cl)ncnc2C1. The smallest absolute Gasteiger partial charge is 0.139 e. The number of nitrogens with zero attached hydrogens (tertiary/aromatic N) is 2. The Bertz CT molecular complexity index is 338. The molecular weight excluding hydrogens is 176 g/mol. The van der Waals surface area contributed by atoms with Crippen molar-refractivity contribution in [3.8, 4) is 0 Å². The number of carbonyl (C=O) groups excluding carboxylic acids is 1. The van der Waals surface area contributed by atoms with Crippen molar-refractivity contribution in [2.45, 2.75) is 19.3 Å². The van der Waals surface area contributed by atoms with Gasteiger partial charge in [0.15, 0.2) is 0 Å². The molecule has 1 aromatic rings. The van der Waals surface area contributed by atoms with Crippen LogP contribution < -0.4 is 0 Å². The van der Waals surface area contributed by atoms with Crippen LogP contribution in [0.2, 0.25) is 5.15 Å². The van der Waals surface area contributed by atoms with E-state index in [1.54, 1.807) is 0 Å². The summed E-state index contributed by atoms with van der Waals surface area (Å²) < 4.78 is 0. The van der Waals surface area contributed by atoms with E-state index in [-0.39, 0.29) is 5.78 Å². The minimum atomic E-state index is 0.234. The molecule has 0 saturated carbocycles. The maximum absolute atomic E-state index is 11.0. The fourth-order valence-corrected chi connectivity index (χ4v) is 1.61. The molecule has 0 amide bonds. The summed E-state index contributed by atoms with van der Waals surface area (Å²) in [5.74, 6) is 0.234. The van der Waals surface area contributed by atoms with Gasteiger partial charge in [-0.1, -0.05) is 11.6 Å². The standard InChI is InChI=1S/C8H7ClN2O/c9-8-6-2-1-5(12)3-7(6)10-4-11-8/h4H,1-3H2. The summed E-state index contributed by atoms with van der Waals surface area (Å²) in [5.41, 5.74) is 1.74. The number of hydrogen-bond acceptors (Lipinski definition) is 3. The van der Waals surface area contributed by atoms with Gasteiger partial charge >= 0.3 is 0 Å². The number of fused-ring (bicyclic) bond motifs is 1. The number of hydrogen-bond donors (Lipinski definition) is 0. The van der Waals surface area contributed by atoms with Gasteiger partial charge in [0.25, 0.3) is 0 Å². The summed E-state index contributed by atoms with van der Waals surface area (Å²) in [4.78, 5) is 18.9. The average molecular weight is 183 g/mol. The lowest BCUT2D eigenvalue weighted by atomic mass is 9.96. The Hall–Kier alpha value is -0.960. The Balaban J connectivity index is 2.48. The van der Waals surface area contributed by atoms with Crippen LogP contribution in [0, 0.1) is 0 Å². The van der Waals surface area contributed by atoms with Gasteiger partial charge in [0.1, 0.15) is 17.3 Å². The summed E-state index contributed by atoms with van der Waals surface area (Å²) >= 11 is 5.83. The van der Waals surface area contributed by atoms with E-state index in [2.05, 4.69) is 9.97 Å². The van der Waals surface area contributed by atoms with Gasteiger partial charge in [-0.25, -0.2) is 9.97 Å². The third-order valence-corrected chi connectivity index (χ3v) is 2.33. The Morgan fingerprint density at radius 2 is 2.17 bits per heavy atom. The molecule has 62 valence electrons. The van der Waals surface area contributed by atoms with Crippen LogP contribution in [-0.2, 0) is 17.6 Å². The Kier molecular flexibility index (Phi) is 1.81. The van der Waals surface area contributed by atoms with Crippen molar-refractivity contribution in [1.82, 2.24) is 9.97 Å². The Labute approximate surface area is 74.8 Å². The molecule has 0 bridgehead atoms. The van der Waals surface area contributed by atoms with Gasteiger partial charge in [0.05, 0.1) is 5.69 Å². The molecule has 1 aliphatic carbocycles. The van der Waals surface area contributed by atoms with Gasteiger partial charge < -0.3 is 0 Å². The number of Topliss-reactive ketones (excluding diaryl/α,β-unsaturated/α-hetero) is 1. The minimum Gasteiger partial charge on any atom is -0.299 e. The van der Waals surface area contributed by atoms with Crippen molar-refractivity contribution in [3.63, 3.8) is 0 Å². The van der Waals surface area contributed by atoms with Crippen molar-refractivity contribution in [2.24, 2.45) is 0 Å². The normalized spacial score (nSPS) is 15.9. The monoisotopic (exact) mass is 182 g/mol. The number of rotatable bonds is 0. The summed E-state index contributed by atoms with van der Waals surface area (Å²) in [6.07, 6.45) is 3.07. The third-order valence-electron chi connectivity index (χ3n) is 2.00. The van der Waals surface area contributed by atoms with Crippen molar-refractivity contribution < 1.29 is 4.79 Å². The average Bonchev–Trinajstić information content (AvgIpc) is 2.04. The second kappa shape index (κ2) is 2.83. The van der Waals surface area contributed by atoms with Gasteiger partial charge in [-0.2, -0.15) is 0 Å². The highest BCUT2D eigenvalue weighted by Gasteiger charge is 2.19. The van der Waals surface area contributed by atoms with Crippen molar-refractivity contribution in [1.29, 1.82) is 0 Å². The maximum atomic E-state index is 11.0. The first-order valence-electron chi connectivity index (χ1n) is 3.77. The second-order valence-corrected chi connectivity index (χ2v) is 3.16. The second-order valence-electron chi connectivity index (χ2n) is 2.81. The van der Waals surface area contributed by atoms with Crippen LogP contribution in [0.4, 0.5) is 0 Å². The van der Waals surface area contributed by atoms with Crippen molar-refractivity contribution in [2.75, 3.05) is 0 Å². The third kappa shape index (κ3) is 1.20. The molecule has 3 nitrogen and oxygen atoms in total. The lowest BCUT2D eigenvalue weighted by molar-refractivity contribution is -0.118. The summed E-state index contributed by atoms with van der Waals surface area (Å²) in [5, 5.41) is 0.493. The van der Waals surface area contributed by atoms with E-state index < -0.39 is 0 Å². The molecule has 0 saturated heterocycles. The Morgan fingerprint density at radius 3 is 3.00 bits per heavy atom. The molecule has 12 heavy (non-hydrogen) atoms. The van der Waals surface area contributed by atoms with Gasteiger partial charge in [0.2, 0.25) is 0 Å². The molecule has 1 aromatic heterocycles. The largest absolute Gasteiger partial charge is 0.299 e. The highest BCUT2D eigenvalue weighted by atomic mass is 35.5. The lowest BCUT2D eigenvalue weighted by Crippen LogP contribution is -2.15. The fraction of sp³-hybridized carbons (Fsp3) is 0.375.